The molecule has 1 aromatic carbocycles. The molecule has 0 unspecified atom stereocenters. The fraction of sp³-hybridized carbons (Fsp3) is 0.562. The zero-order chi connectivity index (χ0) is 16.7. The highest BCUT2D eigenvalue weighted by atomic mass is 32.2. The SMILES string of the molecule is CCCCCS(=O)(=O)N1CCN(C(=O)Nc2ccccc2)CC1. The summed E-state index contributed by atoms with van der Waals surface area (Å²) >= 11 is 0. The second-order valence-corrected chi connectivity index (χ2v) is 7.79. The van der Waals surface area contributed by atoms with Crippen LogP contribution in [0.1, 0.15) is 26.2 Å². The van der Waals surface area contributed by atoms with Crippen LogP contribution in [0.25, 0.3) is 0 Å². The maximum atomic E-state index is 12.2. The molecule has 6 nitrogen and oxygen atoms in total. The van der Waals surface area contributed by atoms with E-state index in [2.05, 4.69) is 12.2 Å². The van der Waals surface area contributed by atoms with E-state index in [1.165, 1.54) is 4.31 Å². The van der Waals surface area contributed by atoms with Crippen molar-refractivity contribution in [3.05, 3.63) is 30.3 Å². The van der Waals surface area contributed by atoms with E-state index in [1.54, 1.807) is 4.90 Å². The number of hydrogen-bond donors (Lipinski definition) is 1. The molecule has 0 radical (unpaired) electrons. The van der Waals surface area contributed by atoms with Gasteiger partial charge in [-0.3, -0.25) is 0 Å². The number of nitrogens with one attached hydrogen (secondary N) is 1. The fourth-order valence-corrected chi connectivity index (χ4v) is 4.10. The smallest absolute Gasteiger partial charge is 0.321 e. The summed E-state index contributed by atoms with van der Waals surface area (Å²) in [6.07, 6.45) is 2.63. The van der Waals surface area contributed by atoms with Crippen molar-refractivity contribution in [3.8, 4) is 0 Å². The van der Waals surface area contributed by atoms with Gasteiger partial charge in [-0.2, -0.15) is 4.31 Å². The molecule has 1 N–H and O–H groups in total. The number of hydrogen-bond acceptors (Lipinski definition) is 3. The third-order valence-electron chi connectivity index (χ3n) is 3.95. The summed E-state index contributed by atoms with van der Waals surface area (Å²) in [7, 11) is -3.19. The van der Waals surface area contributed by atoms with Gasteiger partial charge in [0, 0.05) is 31.9 Å². The molecule has 1 heterocycles. The fourth-order valence-electron chi connectivity index (χ4n) is 2.56. The Labute approximate surface area is 138 Å². The lowest BCUT2D eigenvalue weighted by Crippen LogP contribution is -2.52. The number of nitrogens with zero attached hydrogens (tertiary/aromatic N) is 2. The van der Waals surface area contributed by atoms with E-state index < -0.39 is 10.0 Å². The summed E-state index contributed by atoms with van der Waals surface area (Å²) in [5, 5.41) is 2.83. The van der Waals surface area contributed by atoms with Crippen LogP contribution in [-0.2, 0) is 10.0 Å². The van der Waals surface area contributed by atoms with Crippen molar-refractivity contribution in [1.82, 2.24) is 9.21 Å². The minimum absolute atomic E-state index is 0.181. The molecule has 1 aliphatic heterocycles. The van der Waals surface area contributed by atoms with Crippen LogP contribution in [0.3, 0.4) is 0 Å². The molecule has 1 fully saturated rings. The average molecular weight is 339 g/mol. The quantitative estimate of drug-likeness (QED) is 0.809. The topological polar surface area (TPSA) is 69.7 Å². The molecule has 128 valence electrons. The molecule has 0 saturated carbocycles. The maximum absolute atomic E-state index is 12.2. The molecule has 7 heteroatoms. The second kappa shape index (κ2) is 8.31. The Morgan fingerprint density at radius 2 is 1.74 bits per heavy atom. The first kappa shape index (κ1) is 17.7. The van der Waals surface area contributed by atoms with Gasteiger partial charge in [-0.1, -0.05) is 38.0 Å². The third-order valence-corrected chi connectivity index (χ3v) is 5.91. The standard InChI is InChI=1S/C16H25N3O3S/c1-2-3-7-14-23(21,22)19-12-10-18(11-13-19)16(20)17-15-8-5-4-6-9-15/h4-6,8-9H,2-3,7,10-14H2,1H3,(H,17,20). The van der Waals surface area contributed by atoms with Crippen LogP contribution in [0.4, 0.5) is 10.5 Å². The number of benzene rings is 1. The Hall–Kier alpha value is -1.60. The Balaban J connectivity index is 1.82. The number of unbranched alkanes of at least 4 members (excludes halogenated alkanes) is 2. The Morgan fingerprint density at radius 1 is 1.09 bits per heavy atom. The van der Waals surface area contributed by atoms with E-state index in [0.29, 0.717) is 32.6 Å². The van der Waals surface area contributed by atoms with Gasteiger partial charge in [-0.15, -0.1) is 0 Å². The van der Waals surface area contributed by atoms with E-state index in [1.807, 2.05) is 30.3 Å². The molecular formula is C16H25N3O3S. The van der Waals surface area contributed by atoms with Crippen molar-refractivity contribution in [3.63, 3.8) is 0 Å². The molecule has 1 aliphatic rings. The predicted octanol–water partition coefficient (Wildman–Crippen LogP) is 2.36. The van der Waals surface area contributed by atoms with Gasteiger partial charge in [0.1, 0.15) is 0 Å². The summed E-state index contributed by atoms with van der Waals surface area (Å²) < 4.78 is 26.0. The highest BCUT2D eigenvalue weighted by Gasteiger charge is 2.28. The lowest BCUT2D eigenvalue weighted by Gasteiger charge is -2.34. The van der Waals surface area contributed by atoms with Gasteiger partial charge in [0.15, 0.2) is 0 Å². The number of carbonyl (C=O) groups excluding carboxylic acids is 1. The molecule has 0 aliphatic carbocycles. The molecule has 0 aromatic heterocycles. The van der Waals surface area contributed by atoms with Gasteiger partial charge in [0.25, 0.3) is 0 Å². The van der Waals surface area contributed by atoms with Crippen LogP contribution >= 0.6 is 0 Å². The van der Waals surface area contributed by atoms with E-state index in [9.17, 15) is 13.2 Å². The molecule has 1 saturated heterocycles. The first-order valence-electron chi connectivity index (χ1n) is 8.12. The minimum atomic E-state index is -3.19. The molecule has 0 atom stereocenters. The number of para-hydroxylation sites is 1. The van der Waals surface area contributed by atoms with Crippen LogP contribution < -0.4 is 5.32 Å². The van der Waals surface area contributed by atoms with Crippen LogP contribution in [0.2, 0.25) is 0 Å². The van der Waals surface area contributed by atoms with Crippen LogP contribution in [0, 0.1) is 0 Å². The summed E-state index contributed by atoms with van der Waals surface area (Å²) in [4.78, 5) is 13.8. The van der Waals surface area contributed by atoms with E-state index in [-0.39, 0.29) is 11.8 Å². The second-order valence-electron chi connectivity index (χ2n) is 5.71. The van der Waals surface area contributed by atoms with Crippen molar-refractivity contribution in [1.29, 1.82) is 0 Å². The van der Waals surface area contributed by atoms with Crippen LogP contribution in [0.15, 0.2) is 30.3 Å². The van der Waals surface area contributed by atoms with Gasteiger partial charge in [-0.25, -0.2) is 13.2 Å². The van der Waals surface area contributed by atoms with E-state index >= 15 is 0 Å². The third kappa shape index (κ3) is 5.21. The van der Waals surface area contributed by atoms with Crippen molar-refractivity contribution in [2.45, 2.75) is 26.2 Å². The molecule has 2 rings (SSSR count). The monoisotopic (exact) mass is 339 g/mol. The maximum Gasteiger partial charge on any atom is 0.321 e. The number of piperazine rings is 1. The summed E-state index contributed by atoms with van der Waals surface area (Å²) in [6.45, 7) is 3.64. The van der Waals surface area contributed by atoms with Crippen LogP contribution in [0.5, 0.6) is 0 Å². The summed E-state index contributed by atoms with van der Waals surface area (Å²) in [5.41, 5.74) is 0.743. The van der Waals surface area contributed by atoms with Gasteiger partial charge in [0.05, 0.1) is 5.75 Å². The molecule has 1 aromatic rings. The number of anilines is 1. The van der Waals surface area contributed by atoms with Gasteiger partial charge in [-0.05, 0) is 18.6 Å². The summed E-state index contributed by atoms with van der Waals surface area (Å²) in [5.74, 6) is 0.205. The number of amides is 2. The lowest BCUT2D eigenvalue weighted by molar-refractivity contribution is 0.184. The van der Waals surface area contributed by atoms with E-state index in [0.717, 1.165) is 18.5 Å². The first-order valence-corrected chi connectivity index (χ1v) is 9.72. The van der Waals surface area contributed by atoms with Gasteiger partial charge < -0.3 is 10.2 Å². The number of rotatable bonds is 6. The van der Waals surface area contributed by atoms with Gasteiger partial charge >= 0.3 is 6.03 Å². The first-order chi connectivity index (χ1) is 11.0. The Kier molecular flexibility index (Phi) is 6.41. The largest absolute Gasteiger partial charge is 0.322 e. The Morgan fingerprint density at radius 3 is 2.35 bits per heavy atom. The minimum Gasteiger partial charge on any atom is -0.322 e. The highest BCUT2D eigenvalue weighted by Crippen LogP contribution is 2.12. The van der Waals surface area contributed by atoms with Gasteiger partial charge in [0.2, 0.25) is 10.0 Å². The zero-order valence-corrected chi connectivity index (χ0v) is 14.4. The predicted molar refractivity (Wildman–Crippen MR) is 91.9 cm³/mol. The number of carbonyl (C=O) groups is 1. The van der Waals surface area contributed by atoms with Crippen LogP contribution in [-0.4, -0.2) is 55.6 Å². The molecule has 0 bridgehead atoms. The molecular weight excluding hydrogens is 314 g/mol. The lowest BCUT2D eigenvalue weighted by atomic mass is 10.3. The molecule has 2 amide bonds. The van der Waals surface area contributed by atoms with Crippen molar-refractivity contribution in [2.75, 3.05) is 37.2 Å². The number of sulfonamides is 1. The highest BCUT2D eigenvalue weighted by molar-refractivity contribution is 7.89. The Bertz CT molecular complexity index is 596. The van der Waals surface area contributed by atoms with E-state index in [4.69, 9.17) is 0 Å². The molecule has 23 heavy (non-hydrogen) atoms. The zero-order valence-electron chi connectivity index (χ0n) is 13.6. The van der Waals surface area contributed by atoms with Crippen molar-refractivity contribution >= 4 is 21.7 Å². The van der Waals surface area contributed by atoms with Crippen molar-refractivity contribution < 1.29 is 13.2 Å². The average Bonchev–Trinajstić information content (AvgIpc) is 2.56. The normalized spacial score (nSPS) is 16.3. The number of urea groups is 1. The summed E-state index contributed by atoms with van der Waals surface area (Å²) in [6, 6.07) is 9.07. The van der Waals surface area contributed by atoms with Crippen molar-refractivity contribution in [2.24, 2.45) is 0 Å². The molecule has 0 spiro atoms.